The molecule has 0 N–H and O–H groups in total. The minimum atomic E-state index is -0.268. The van der Waals surface area contributed by atoms with E-state index in [0.717, 1.165) is 87.0 Å². The molecule has 0 aliphatic carbocycles. The number of rotatable bonds is 4. The molecule has 36 heavy (non-hydrogen) atoms. The van der Waals surface area contributed by atoms with Gasteiger partial charge in [0, 0.05) is 44.6 Å². The maximum atomic E-state index is 13.3. The third-order valence-electron chi connectivity index (χ3n) is 7.32. The Labute approximate surface area is 210 Å². The first-order valence-electron chi connectivity index (χ1n) is 12.8. The Morgan fingerprint density at radius 1 is 0.722 bits per heavy atom. The minimum Gasteiger partial charge on any atom is -0.362 e. The van der Waals surface area contributed by atoms with Gasteiger partial charge in [-0.15, -0.1) is 0 Å². The number of anilines is 1. The molecule has 6 rings (SSSR count). The Morgan fingerprint density at radius 3 is 2.03 bits per heavy atom. The predicted molar refractivity (Wildman–Crippen MR) is 136 cm³/mol. The van der Waals surface area contributed by atoms with Gasteiger partial charge in [0.15, 0.2) is 0 Å². The number of carbonyl (C=O) groups excluding carboxylic acids is 2. The van der Waals surface area contributed by atoms with E-state index >= 15 is 0 Å². The summed E-state index contributed by atoms with van der Waals surface area (Å²) < 4.78 is 28.3. The second kappa shape index (κ2) is 10.7. The molecular weight excluding hydrogens is 462 g/mol. The topological polar surface area (TPSA) is 48.8 Å². The largest absolute Gasteiger partial charge is 0.362 e. The van der Waals surface area contributed by atoms with Crippen LogP contribution in [0.5, 0.6) is 0 Å². The zero-order chi connectivity index (χ0) is 25.1. The first-order chi connectivity index (χ1) is 17.5. The van der Waals surface area contributed by atoms with Crippen LogP contribution in [0.25, 0.3) is 10.9 Å². The number of fused-ring (bicyclic) bond motifs is 2. The number of hydrogen-bond donors (Lipinski definition) is 0. The number of likely N-dealkylation sites (tertiary alicyclic amines) is 2. The zero-order valence-electron chi connectivity index (χ0n) is 20.5. The second-order valence-electron chi connectivity index (χ2n) is 9.77. The Morgan fingerprint density at radius 2 is 1.33 bits per heavy atom. The summed E-state index contributed by atoms with van der Waals surface area (Å²) >= 11 is 0. The monoisotopic (exact) mass is 494 g/mol. The molecule has 3 aromatic rings. The average molecular weight is 495 g/mol. The summed E-state index contributed by atoms with van der Waals surface area (Å²) in [7, 11) is 0. The maximum Gasteiger partial charge on any atom is 0.242 e. The van der Waals surface area contributed by atoms with Gasteiger partial charge in [0.25, 0.3) is 0 Å². The van der Waals surface area contributed by atoms with Crippen molar-refractivity contribution in [3.8, 4) is 0 Å². The van der Waals surface area contributed by atoms with E-state index in [-0.39, 0.29) is 23.4 Å². The summed E-state index contributed by atoms with van der Waals surface area (Å²) in [4.78, 5) is 29.9. The highest BCUT2D eigenvalue weighted by molar-refractivity contribution is 5.84. The van der Waals surface area contributed by atoms with Gasteiger partial charge in [0.2, 0.25) is 11.8 Å². The van der Waals surface area contributed by atoms with Crippen LogP contribution in [0.4, 0.5) is 14.5 Å². The fourth-order valence-corrected chi connectivity index (χ4v) is 5.32. The van der Waals surface area contributed by atoms with Gasteiger partial charge < -0.3 is 19.3 Å². The molecule has 6 nitrogen and oxygen atoms in total. The van der Waals surface area contributed by atoms with Gasteiger partial charge in [0.05, 0.1) is 12.1 Å². The SMILES string of the molecule is O=C(CN1CCc2ccc(F)cc21)N1CCCC1.O=C(Cn1ccc2ccc(F)cc21)N1CCCC1. The van der Waals surface area contributed by atoms with E-state index in [2.05, 4.69) is 0 Å². The molecule has 3 aliphatic rings. The van der Waals surface area contributed by atoms with Crippen molar-refractivity contribution in [2.45, 2.75) is 38.6 Å². The van der Waals surface area contributed by atoms with Crippen LogP contribution in [0.1, 0.15) is 31.2 Å². The normalized spacial score (nSPS) is 16.9. The molecule has 2 fully saturated rings. The van der Waals surface area contributed by atoms with Crippen LogP contribution < -0.4 is 4.90 Å². The molecule has 2 amide bonds. The maximum absolute atomic E-state index is 13.3. The zero-order valence-corrected chi connectivity index (χ0v) is 20.5. The van der Waals surface area contributed by atoms with Crippen molar-refractivity contribution in [1.29, 1.82) is 0 Å². The second-order valence-corrected chi connectivity index (χ2v) is 9.77. The molecule has 0 radical (unpaired) electrons. The summed E-state index contributed by atoms with van der Waals surface area (Å²) in [5.74, 6) is -0.204. The molecule has 0 bridgehead atoms. The van der Waals surface area contributed by atoms with Gasteiger partial charge in [-0.3, -0.25) is 9.59 Å². The Kier molecular flexibility index (Phi) is 7.20. The van der Waals surface area contributed by atoms with Crippen molar-refractivity contribution in [2.75, 3.05) is 44.2 Å². The number of nitrogens with zero attached hydrogens (tertiary/aromatic N) is 4. The van der Waals surface area contributed by atoms with E-state index in [0.29, 0.717) is 13.1 Å². The lowest BCUT2D eigenvalue weighted by atomic mass is 10.2. The fraction of sp³-hybridized carbons (Fsp3) is 0.429. The Hall–Kier alpha value is -3.42. The third kappa shape index (κ3) is 5.37. The summed E-state index contributed by atoms with van der Waals surface area (Å²) in [6.45, 7) is 4.96. The Bertz CT molecular complexity index is 1250. The quantitative estimate of drug-likeness (QED) is 0.546. The van der Waals surface area contributed by atoms with Gasteiger partial charge in [-0.2, -0.15) is 0 Å². The van der Waals surface area contributed by atoms with Gasteiger partial charge >= 0.3 is 0 Å². The van der Waals surface area contributed by atoms with Crippen molar-refractivity contribution in [2.24, 2.45) is 0 Å². The number of carbonyl (C=O) groups is 2. The number of hydrogen-bond acceptors (Lipinski definition) is 3. The summed E-state index contributed by atoms with van der Waals surface area (Å²) in [5, 5.41) is 0.964. The van der Waals surface area contributed by atoms with E-state index in [1.807, 2.05) is 37.6 Å². The number of benzene rings is 2. The van der Waals surface area contributed by atoms with Crippen LogP contribution in [0.2, 0.25) is 0 Å². The summed E-state index contributed by atoms with van der Waals surface area (Å²) in [6.07, 6.45) is 7.15. The van der Waals surface area contributed by atoms with Crippen LogP contribution in [-0.4, -0.2) is 65.4 Å². The van der Waals surface area contributed by atoms with Gasteiger partial charge in [-0.25, -0.2) is 8.78 Å². The summed E-state index contributed by atoms with van der Waals surface area (Å²) in [5.41, 5.74) is 2.82. The van der Waals surface area contributed by atoms with E-state index in [4.69, 9.17) is 0 Å². The molecule has 190 valence electrons. The lowest BCUT2D eigenvalue weighted by Crippen LogP contribution is -2.38. The molecule has 3 aliphatic heterocycles. The van der Waals surface area contributed by atoms with Crippen molar-refractivity contribution in [3.63, 3.8) is 0 Å². The molecule has 0 saturated carbocycles. The fourth-order valence-electron chi connectivity index (χ4n) is 5.32. The van der Waals surface area contributed by atoms with Crippen molar-refractivity contribution in [1.82, 2.24) is 14.4 Å². The lowest BCUT2D eigenvalue weighted by Gasteiger charge is -2.22. The van der Waals surface area contributed by atoms with E-state index in [1.165, 1.54) is 18.2 Å². The molecule has 4 heterocycles. The molecule has 2 aromatic carbocycles. The van der Waals surface area contributed by atoms with Gasteiger partial charge in [0.1, 0.15) is 18.2 Å². The molecule has 0 atom stereocenters. The van der Waals surface area contributed by atoms with Crippen LogP contribution in [0, 0.1) is 11.6 Å². The van der Waals surface area contributed by atoms with E-state index < -0.39 is 0 Å². The van der Waals surface area contributed by atoms with Crippen molar-refractivity contribution < 1.29 is 18.4 Å². The number of aromatic nitrogens is 1. The van der Waals surface area contributed by atoms with Crippen LogP contribution in [0.15, 0.2) is 48.7 Å². The van der Waals surface area contributed by atoms with E-state index in [1.54, 1.807) is 12.1 Å². The first kappa shape index (κ1) is 24.3. The number of amides is 2. The molecular formula is C28H32F2N4O2. The van der Waals surface area contributed by atoms with Crippen molar-refractivity contribution in [3.05, 3.63) is 65.9 Å². The molecule has 0 unspecified atom stereocenters. The molecule has 0 spiro atoms. The Balaban J connectivity index is 0.000000148. The first-order valence-corrected chi connectivity index (χ1v) is 12.8. The van der Waals surface area contributed by atoms with E-state index in [9.17, 15) is 18.4 Å². The highest BCUT2D eigenvalue weighted by Gasteiger charge is 2.25. The minimum absolute atomic E-state index is 0.120. The average Bonchev–Trinajstić information content (AvgIpc) is 3.68. The predicted octanol–water partition coefficient (Wildman–Crippen LogP) is 4.21. The third-order valence-corrected chi connectivity index (χ3v) is 7.32. The van der Waals surface area contributed by atoms with Crippen LogP contribution >= 0.6 is 0 Å². The van der Waals surface area contributed by atoms with Crippen LogP contribution in [-0.2, 0) is 22.6 Å². The molecule has 2 saturated heterocycles. The molecule has 8 heteroatoms. The standard InChI is InChI=1S/C14H17FN2O.C14H15FN2O/c2*15-12-4-3-11-5-8-17(13(11)9-12)10-14(18)16-6-1-2-7-16/h3-4,9H,1-2,5-8,10H2;3-5,8-9H,1-2,6-7,10H2. The van der Waals surface area contributed by atoms with Crippen LogP contribution in [0.3, 0.4) is 0 Å². The number of halogens is 2. The van der Waals surface area contributed by atoms with Crippen molar-refractivity contribution >= 4 is 28.4 Å². The highest BCUT2D eigenvalue weighted by Crippen LogP contribution is 2.28. The lowest BCUT2D eigenvalue weighted by molar-refractivity contribution is -0.130. The highest BCUT2D eigenvalue weighted by atomic mass is 19.1. The van der Waals surface area contributed by atoms with Gasteiger partial charge in [-0.1, -0.05) is 6.07 Å². The molecule has 1 aromatic heterocycles. The van der Waals surface area contributed by atoms with Gasteiger partial charge in [-0.05, 0) is 79.5 Å². The smallest absolute Gasteiger partial charge is 0.242 e. The summed E-state index contributed by atoms with van der Waals surface area (Å²) in [6, 6.07) is 11.4.